The van der Waals surface area contributed by atoms with Crippen molar-refractivity contribution in [3.05, 3.63) is 23.8 Å². The second-order valence-corrected chi connectivity index (χ2v) is 4.50. The number of aliphatic hydroxyl groups is 2. The first-order valence-electron chi connectivity index (χ1n) is 6.88. The lowest BCUT2D eigenvalue weighted by molar-refractivity contribution is 0.0105. The highest BCUT2D eigenvalue weighted by molar-refractivity contribution is 5.46. The van der Waals surface area contributed by atoms with Crippen LogP contribution in [-0.4, -0.2) is 43.2 Å². The van der Waals surface area contributed by atoms with Gasteiger partial charge in [-0.3, -0.25) is 0 Å². The average Bonchev–Trinajstić information content (AvgIpc) is 2.49. The highest BCUT2D eigenvalue weighted by Gasteiger charge is 2.12. The maximum absolute atomic E-state index is 9.78. The van der Waals surface area contributed by atoms with Crippen LogP contribution < -0.4 is 9.47 Å². The van der Waals surface area contributed by atoms with E-state index in [0.717, 1.165) is 12.8 Å². The number of ether oxygens (including phenoxy) is 3. The van der Waals surface area contributed by atoms with Gasteiger partial charge in [0.2, 0.25) is 0 Å². The molecule has 0 fully saturated rings. The number of para-hydroxylation sites is 1. The van der Waals surface area contributed by atoms with Gasteiger partial charge in [-0.1, -0.05) is 25.5 Å². The maximum atomic E-state index is 9.78. The van der Waals surface area contributed by atoms with E-state index in [1.54, 1.807) is 18.2 Å². The third kappa shape index (κ3) is 5.36. The molecule has 1 atom stereocenters. The summed E-state index contributed by atoms with van der Waals surface area (Å²) in [5, 5.41) is 19.1. The largest absolute Gasteiger partial charge is 0.493 e. The molecule has 0 aliphatic carbocycles. The zero-order valence-electron chi connectivity index (χ0n) is 12.2. The normalized spacial score (nSPS) is 12.2. The summed E-state index contributed by atoms with van der Waals surface area (Å²) in [5.74, 6) is 1.00. The van der Waals surface area contributed by atoms with E-state index < -0.39 is 6.10 Å². The van der Waals surface area contributed by atoms with Gasteiger partial charge in [0.25, 0.3) is 0 Å². The minimum absolute atomic E-state index is 0.0967. The first-order chi connectivity index (χ1) is 9.72. The van der Waals surface area contributed by atoms with Crippen molar-refractivity contribution in [1.29, 1.82) is 0 Å². The number of hydrogen-bond acceptors (Lipinski definition) is 5. The number of benzene rings is 1. The van der Waals surface area contributed by atoms with Crippen LogP contribution in [0.2, 0.25) is 0 Å². The standard InChI is InChI=1S/C15H24O5/c1-3-4-8-19-10-13(17)11-20-15-12(9-16)6-5-7-14(15)18-2/h5-7,13,16-17H,3-4,8-11H2,1-2H3. The summed E-state index contributed by atoms with van der Waals surface area (Å²) >= 11 is 0. The fourth-order valence-corrected chi connectivity index (χ4v) is 1.70. The van der Waals surface area contributed by atoms with Gasteiger partial charge in [0.1, 0.15) is 12.7 Å². The van der Waals surface area contributed by atoms with Gasteiger partial charge >= 0.3 is 0 Å². The van der Waals surface area contributed by atoms with Crippen molar-refractivity contribution in [2.24, 2.45) is 0 Å². The topological polar surface area (TPSA) is 68.2 Å². The van der Waals surface area contributed by atoms with Crippen molar-refractivity contribution < 1.29 is 24.4 Å². The van der Waals surface area contributed by atoms with Crippen molar-refractivity contribution >= 4 is 0 Å². The van der Waals surface area contributed by atoms with Crippen molar-refractivity contribution in [3.8, 4) is 11.5 Å². The van der Waals surface area contributed by atoms with Crippen molar-refractivity contribution in [2.45, 2.75) is 32.5 Å². The van der Waals surface area contributed by atoms with Gasteiger partial charge in [0.05, 0.1) is 20.3 Å². The molecule has 0 saturated carbocycles. The Balaban J connectivity index is 2.47. The third-order valence-electron chi connectivity index (χ3n) is 2.82. The Morgan fingerprint density at radius 2 is 2.05 bits per heavy atom. The number of hydrogen-bond donors (Lipinski definition) is 2. The summed E-state index contributed by atoms with van der Waals surface area (Å²) in [5.41, 5.74) is 0.628. The molecular weight excluding hydrogens is 260 g/mol. The highest BCUT2D eigenvalue weighted by atomic mass is 16.5. The molecule has 0 radical (unpaired) electrons. The number of methoxy groups -OCH3 is 1. The first-order valence-corrected chi connectivity index (χ1v) is 6.88. The van der Waals surface area contributed by atoms with Crippen molar-refractivity contribution in [1.82, 2.24) is 0 Å². The van der Waals surface area contributed by atoms with Gasteiger partial charge < -0.3 is 24.4 Å². The highest BCUT2D eigenvalue weighted by Crippen LogP contribution is 2.31. The molecule has 0 aliphatic heterocycles. The van der Waals surface area contributed by atoms with Crippen LogP contribution in [-0.2, 0) is 11.3 Å². The molecule has 0 spiro atoms. The van der Waals surface area contributed by atoms with Gasteiger partial charge in [-0.05, 0) is 12.5 Å². The van der Waals surface area contributed by atoms with Crippen LogP contribution in [0.25, 0.3) is 0 Å². The third-order valence-corrected chi connectivity index (χ3v) is 2.82. The molecule has 0 bridgehead atoms. The average molecular weight is 284 g/mol. The molecule has 0 amide bonds. The van der Waals surface area contributed by atoms with Crippen LogP contribution in [0.1, 0.15) is 25.3 Å². The Bertz CT molecular complexity index is 358. The van der Waals surface area contributed by atoms with E-state index in [-0.39, 0.29) is 19.8 Å². The van der Waals surface area contributed by atoms with Crippen LogP contribution in [0.4, 0.5) is 0 Å². The van der Waals surface area contributed by atoms with Gasteiger partial charge in [-0.2, -0.15) is 0 Å². The zero-order chi connectivity index (χ0) is 14.8. The molecule has 20 heavy (non-hydrogen) atoms. The summed E-state index contributed by atoms with van der Waals surface area (Å²) < 4.78 is 16.1. The number of unbranched alkanes of at least 4 members (excludes halogenated alkanes) is 1. The summed E-state index contributed by atoms with van der Waals surface area (Å²) in [4.78, 5) is 0. The minimum atomic E-state index is -0.705. The van der Waals surface area contributed by atoms with Crippen LogP contribution in [0.3, 0.4) is 0 Å². The fourth-order valence-electron chi connectivity index (χ4n) is 1.70. The number of rotatable bonds is 10. The second kappa shape index (κ2) is 9.58. The van der Waals surface area contributed by atoms with Crippen molar-refractivity contribution in [3.63, 3.8) is 0 Å². The Morgan fingerprint density at radius 1 is 1.25 bits per heavy atom. The molecule has 5 nitrogen and oxygen atoms in total. The molecule has 0 aromatic heterocycles. The number of aliphatic hydroxyl groups excluding tert-OH is 2. The summed E-state index contributed by atoms with van der Waals surface area (Å²) in [6.07, 6.45) is 1.34. The Morgan fingerprint density at radius 3 is 2.70 bits per heavy atom. The summed E-state index contributed by atoms with van der Waals surface area (Å²) in [6.45, 7) is 2.92. The van der Waals surface area contributed by atoms with Gasteiger partial charge in [0, 0.05) is 12.2 Å². The molecule has 114 valence electrons. The van der Waals surface area contributed by atoms with Gasteiger partial charge in [-0.25, -0.2) is 0 Å². The first kappa shape index (κ1) is 16.8. The van der Waals surface area contributed by atoms with Gasteiger partial charge in [-0.15, -0.1) is 0 Å². The smallest absolute Gasteiger partial charge is 0.166 e. The SMILES string of the molecule is CCCCOCC(O)COc1c(CO)cccc1OC. The van der Waals surface area contributed by atoms with Crippen molar-refractivity contribution in [2.75, 3.05) is 26.9 Å². The molecule has 5 heteroatoms. The molecule has 1 unspecified atom stereocenters. The van der Waals surface area contributed by atoms with E-state index in [9.17, 15) is 10.2 Å². The lowest BCUT2D eigenvalue weighted by atomic mass is 10.2. The molecule has 1 rings (SSSR count). The van der Waals surface area contributed by atoms with E-state index in [1.165, 1.54) is 7.11 Å². The summed E-state index contributed by atoms with van der Waals surface area (Å²) in [7, 11) is 1.54. The predicted molar refractivity (Wildman–Crippen MR) is 76.1 cm³/mol. The Hall–Kier alpha value is -1.30. The molecule has 1 aromatic rings. The van der Waals surface area contributed by atoms with E-state index in [1.807, 2.05) is 0 Å². The molecule has 0 aliphatic rings. The van der Waals surface area contributed by atoms with Crippen LogP contribution in [0.15, 0.2) is 18.2 Å². The predicted octanol–water partition coefficient (Wildman–Crippen LogP) is 1.74. The fraction of sp³-hybridized carbons (Fsp3) is 0.600. The second-order valence-electron chi connectivity index (χ2n) is 4.50. The van der Waals surface area contributed by atoms with Crippen LogP contribution in [0.5, 0.6) is 11.5 Å². The Kier molecular flexibility index (Phi) is 8.02. The van der Waals surface area contributed by atoms with E-state index in [0.29, 0.717) is 23.7 Å². The van der Waals surface area contributed by atoms with Crippen LogP contribution >= 0.6 is 0 Å². The molecule has 1 aromatic carbocycles. The van der Waals surface area contributed by atoms with Gasteiger partial charge in [0.15, 0.2) is 11.5 Å². The summed E-state index contributed by atoms with van der Waals surface area (Å²) in [6, 6.07) is 5.28. The monoisotopic (exact) mass is 284 g/mol. The van der Waals surface area contributed by atoms with E-state index in [4.69, 9.17) is 14.2 Å². The van der Waals surface area contributed by atoms with E-state index in [2.05, 4.69) is 6.92 Å². The maximum Gasteiger partial charge on any atom is 0.166 e. The lowest BCUT2D eigenvalue weighted by Crippen LogP contribution is -2.24. The molecular formula is C15H24O5. The molecule has 0 saturated heterocycles. The quantitative estimate of drug-likeness (QED) is 0.641. The molecule has 2 N–H and O–H groups in total. The zero-order valence-corrected chi connectivity index (χ0v) is 12.2. The minimum Gasteiger partial charge on any atom is -0.493 e. The molecule has 0 heterocycles. The van der Waals surface area contributed by atoms with E-state index >= 15 is 0 Å². The van der Waals surface area contributed by atoms with Crippen LogP contribution in [0, 0.1) is 0 Å². The lowest BCUT2D eigenvalue weighted by Gasteiger charge is -2.16. The Labute approximate surface area is 120 Å².